The second-order valence-electron chi connectivity index (χ2n) is 5.14. The molecular formula is C18H20FNO3. The predicted octanol–water partition coefficient (Wildman–Crippen LogP) is 3.94. The number of carbonyl (C=O) groups excluding carboxylic acids is 1. The summed E-state index contributed by atoms with van der Waals surface area (Å²) in [6, 6.07) is 11.6. The largest absolute Gasteiger partial charge is 0.494 e. The Morgan fingerprint density at radius 3 is 2.43 bits per heavy atom. The van der Waals surface area contributed by atoms with Crippen molar-refractivity contribution in [2.24, 2.45) is 0 Å². The minimum absolute atomic E-state index is 0.141. The van der Waals surface area contributed by atoms with Gasteiger partial charge < -0.3 is 14.8 Å². The Hall–Kier alpha value is -2.56. The van der Waals surface area contributed by atoms with Gasteiger partial charge in [-0.2, -0.15) is 0 Å². The van der Waals surface area contributed by atoms with E-state index in [9.17, 15) is 9.18 Å². The van der Waals surface area contributed by atoms with Crippen molar-refractivity contribution in [3.8, 4) is 11.5 Å². The molecule has 0 radical (unpaired) electrons. The van der Waals surface area contributed by atoms with Crippen LogP contribution in [0.25, 0.3) is 0 Å². The van der Waals surface area contributed by atoms with Gasteiger partial charge in [0.2, 0.25) is 0 Å². The van der Waals surface area contributed by atoms with Gasteiger partial charge in [-0.3, -0.25) is 4.79 Å². The van der Waals surface area contributed by atoms with Crippen LogP contribution >= 0.6 is 0 Å². The molecule has 0 bridgehead atoms. The van der Waals surface area contributed by atoms with Gasteiger partial charge in [0, 0.05) is 0 Å². The number of aryl methyl sites for hydroxylation is 1. The maximum Gasteiger partial charge on any atom is 0.265 e. The molecule has 0 saturated heterocycles. The van der Waals surface area contributed by atoms with Crippen molar-refractivity contribution in [3.63, 3.8) is 0 Å². The Balaban J connectivity index is 1.96. The van der Waals surface area contributed by atoms with Crippen LogP contribution in [0.1, 0.15) is 19.4 Å². The summed E-state index contributed by atoms with van der Waals surface area (Å²) >= 11 is 0. The monoisotopic (exact) mass is 317 g/mol. The molecule has 122 valence electrons. The van der Waals surface area contributed by atoms with Gasteiger partial charge in [0.05, 0.1) is 12.3 Å². The van der Waals surface area contributed by atoms with Gasteiger partial charge in [-0.05, 0) is 62.7 Å². The number of hydrogen-bond acceptors (Lipinski definition) is 3. The molecule has 0 aromatic heterocycles. The highest BCUT2D eigenvalue weighted by Crippen LogP contribution is 2.20. The summed E-state index contributed by atoms with van der Waals surface area (Å²) in [5.41, 5.74) is 0.932. The molecule has 0 saturated carbocycles. The summed E-state index contributed by atoms with van der Waals surface area (Å²) in [6.45, 7) is 5.88. The molecule has 1 unspecified atom stereocenters. The Morgan fingerprint density at radius 1 is 1.17 bits per heavy atom. The Morgan fingerprint density at radius 2 is 1.83 bits per heavy atom. The van der Waals surface area contributed by atoms with Crippen LogP contribution in [0, 0.1) is 12.7 Å². The van der Waals surface area contributed by atoms with Crippen LogP contribution in [0.15, 0.2) is 42.5 Å². The third kappa shape index (κ3) is 4.71. The molecule has 2 aromatic carbocycles. The van der Waals surface area contributed by atoms with Gasteiger partial charge in [0.1, 0.15) is 17.3 Å². The Kier molecular flexibility index (Phi) is 5.57. The van der Waals surface area contributed by atoms with Crippen molar-refractivity contribution in [2.45, 2.75) is 26.9 Å². The van der Waals surface area contributed by atoms with Gasteiger partial charge in [0.25, 0.3) is 5.91 Å². The highest BCUT2D eigenvalue weighted by atomic mass is 19.1. The topological polar surface area (TPSA) is 47.6 Å². The molecule has 1 N–H and O–H groups in total. The van der Waals surface area contributed by atoms with Crippen molar-refractivity contribution in [3.05, 3.63) is 53.8 Å². The number of amides is 1. The zero-order valence-electron chi connectivity index (χ0n) is 13.4. The summed E-state index contributed by atoms with van der Waals surface area (Å²) < 4.78 is 24.6. The normalized spacial score (nSPS) is 11.7. The lowest BCUT2D eigenvalue weighted by atomic mass is 10.2. The first-order valence-corrected chi connectivity index (χ1v) is 7.46. The van der Waals surface area contributed by atoms with Crippen molar-refractivity contribution in [1.82, 2.24) is 0 Å². The average molecular weight is 317 g/mol. The average Bonchev–Trinajstić information content (AvgIpc) is 2.52. The Labute approximate surface area is 135 Å². The van der Waals surface area contributed by atoms with E-state index in [1.165, 1.54) is 12.1 Å². The van der Waals surface area contributed by atoms with Gasteiger partial charge in [-0.1, -0.05) is 6.07 Å². The summed E-state index contributed by atoms with van der Waals surface area (Å²) in [7, 11) is 0. The number of ether oxygens (including phenoxy) is 2. The molecule has 0 aliphatic carbocycles. The van der Waals surface area contributed by atoms with Crippen LogP contribution in [0.3, 0.4) is 0 Å². The van der Waals surface area contributed by atoms with E-state index < -0.39 is 17.8 Å². The zero-order valence-corrected chi connectivity index (χ0v) is 13.4. The van der Waals surface area contributed by atoms with Crippen LogP contribution in [0.2, 0.25) is 0 Å². The second-order valence-corrected chi connectivity index (χ2v) is 5.14. The van der Waals surface area contributed by atoms with E-state index in [0.29, 0.717) is 12.4 Å². The molecule has 0 aliphatic rings. The van der Waals surface area contributed by atoms with Crippen molar-refractivity contribution >= 4 is 11.6 Å². The van der Waals surface area contributed by atoms with Gasteiger partial charge in [0.15, 0.2) is 6.10 Å². The number of nitrogens with one attached hydrogen (secondary N) is 1. The van der Waals surface area contributed by atoms with Crippen LogP contribution in [0.4, 0.5) is 10.1 Å². The molecular weight excluding hydrogens is 297 g/mol. The summed E-state index contributed by atoms with van der Waals surface area (Å²) in [5.74, 6) is 0.396. The second kappa shape index (κ2) is 7.63. The molecule has 0 spiro atoms. The Bertz CT molecular complexity index is 670. The van der Waals surface area contributed by atoms with Crippen molar-refractivity contribution < 1.29 is 18.7 Å². The lowest BCUT2D eigenvalue weighted by Crippen LogP contribution is -2.30. The number of rotatable bonds is 6. The molecule has 4 nitrogen and oxygen atoms in total. The quantitative estimate of drug-likeness (QED) is 0.878. The lowest BCUT2D eigenvalue weighted by Gasteiger charge is -2.15. The van der Waals surface area contributed by atoms with E-state index in [-0.39, 0.29) is 5.69 Å². The number of hydrogen-bond donors (Lipinski definition) is 1. The minimum Gasteiger partial charge on any atom is -0.494 e. The minimum atomic E-state index is -0.756. The summed E-state index contributed by atoms with van der Waals surface area (Å²) in [6.07, 6.45) is -0.756. The highest BCUT2D eigenvalue weighted by Gasteiger charge is 2.16. The fourth-order valence-corrected chi connectivity index (χ4v) is 1.99. The van der Waals surface area contributed by atoms with Gasteiger partial charge in [-0.15, -0.1) is 0 Å². The number of halogens is 1. The fourth-order valence-electron chi connectivity index (χ4n) is 1.99. The molecule has 5 heteroatoms. The number of anilines is 1. The SMILES string of the molecule is CCOc1ccc(OC(C)C(=O)Nc2ccc(C)cc2F)cc1. The van der Waals surface area contributed by atoms with E-state index in [4.69, 9.17) is 9.47 Å². The van der Waals surface area contributed by atoms with Gasteiger partial charge in [-0.25, -0.2) is 4.39 Å². The van der Waals surface area contributed by atoms with Gasteiger partial charge >= 0.3 is 0 Å². The molecule has 2 aromatic rings. The van der Waals surface area contributed by atoms with Crippen LogP contribution in [0.5, 0.6) is 11.5 Å². The third-order valence-electron chi connectivity index (χ3n) is 3.20. The first-order chi connectivity index (χ1) is 11.0. The maximum atomic E-state index is 13.7. The molecule has 0 fully saturated rings. The van der Waals surface area contributed by atoms with Crippen molar-refractivity contribution in [1.29, 1.82) is 0 Å². The summed E-state index contributed by atoms with van der Waals surface area (Å²) in [4.78, 5) is 12.1. The first-order valence-electron chi connectivity index (χ1n) is 7.46. The van der Waals surface area contributed by atoms with Crippen LogP contribution in [-0.2, 0) is 4.79 Å². The molecule has 1 atom stereocenters. The van der Waals surface area contributed by atoms with Crippen LogP contribution in [-0.4, -0.2) is 18.6 Å². The van der Waals surface area contributed by atoms with E-state index in [2.05, 4.69) is 5.32 Å². The fraction of sp³-hybridized carbons (Fsp3) is 0.278. The molecule has 0 aliphatic heterocycles. The van der Waals surface area contributed by atoms with Crippen LogP contribution < -0.4 is 14.8 Å². The third-order valence-corrected chi connectivity index (χ3v) is 3.20. The number of benzene rings is 2. The van der Waals surface area contributed by atoms with Crippen molar-refractivity contribution in [2.75, 3.05) is 11.9 Å². The molecule has 1 amide bonds. The zero-order chi connectivity index (χ0) is 16.8. The number of carbonyl (C=O) groups is 1. The maximum absolute atomic E-state index is 13.7. The van der Waals surface area contributed by atoms with E-state index >= 15 is 0 Å². The first kappa shape index (κ1) is 16.8. The van der Waals surface area contributed by atoms with E-state index in [0.717, 1.165) is 11.3 Å². The van der Waals surface area contributed by atoms with E-state index in [1.807, 2.05) is 6.92 Å². The van der Waals surface area contributed by atoms with E-state index in [1.54, 1.807) is 44.2 Å². The summed E-state index contributed by atoms with van der Waals surface area (Å²) in [5, 5.41) is 2.53. The standard InChI is InChI=1S/C18H20FNO3/c1-4-22-14-6-8-15(9-7-14)23-13(3)18(21)20-17-10-5-12(2)11-16(17)19/h5-11,13H,4H2,1-3H3,(H,20,21). The smallest absolute Gasteiger partial charge is 0.265 e. The lowest BCUT2D eigenvalue weighted by molar-refractivity contribution is -0.122. The predicted molar refractivity (Wildman–Crippen MR) is 87.5 cm³/mol. The molecule has 0 heterocycles. The molecule has 23 heavy (non-hydrogen) atoms. The highest BCUT2D eigenvalue weighted by molar-refractivity contribution is 5.94. The molecule has 2 rings (SSSR count).